The van der Waals surface area contributed by atoms with Crippen molar-refractivity contribution < 1.29 is 13.9 Å². The second kappa shape index (κ2) is 7.73. The van der Waals surface area contributed by atoms with Gasteiger partial charge in [0.05, 0.1) is 12.1 Å². The lowest BCUT2D eigenvalue weighted by molar-refractivity contribution is -0.111. The van der Waals surface area contributed by atoms with E-state index in [0.29, 0.717) is 22.2 Å². The van der Waals surface area contributed by atoms with Crippen LogP contribution in [0.5, 0.6) is 5.75 Å². The van der Waals surface area contributed by atoms with Crippen molar-refractivity contribution >= 4 is 29.3 Å². The van der Waals surface area contributed by atoms with Crippen LogP contribution in [0.1, 0.15) is 5.76 Å². The van der Waals surface area contributed by atoms with E-state index < -0.39 is 0 Å². The lowest BCUT2D eigenvalue weighted by Gasteiger charge is -2.03. The first-order valence-corrected chi connectivity index (χ1v) is 8.01. The SMILES string of the molecule is COc1ccc(NC(=O)/C=C/c2ccc(-c3ccccc3Cl)o2)cc1. The second-order valence-electron chi connectivity index (χ2n) is 5.23. The Morgan fingerprint density at radius 1 is 1.08 bits per heavy atom. The van der Waals surface area contributed by atoms with Gasteiger partial charge in [-0.3, -0.25) is 4.79 Å². The maximum atomic E-state index is 12.0. The summed E-state index contributed by atoms with van der Waals surface area (Å²) in [6.45, 7) is 0. The molecule has 0 atom stereocenters. The standard InChI is InChI=1S/C20H16ClNO3/c1-24-15-8-6-14(7-9-15)22-20(23)13-11-16-10-12-19(25-16)17-4-2-3-5-18(17)21/h2-13H,1H3,(H,22,23)/b13-11+. The van der Waals surface area contributed by atoms with E-state index in [4.69, 9.17) is 20.8 Å². The van der Waals surface area contributed by atoms with Crippen molar-refractivity contribution in [1.29, 1.82) is 0 Å². The molecule has 0 aliphatic rings. The second-order valence-corrected chi connectivity index (χ2v) is 5.64. The lowest BCUT2D eigenvalue weighted by atomic mass is 10.2. The number of hydrogen-bond acceptors (Lipinski definition) is 3. The van der Waals surface area contributed by atoms with Crippen molar-refractivity contribution in [2.45, 2.75) is 0 Å². The molecule has 3 aromatic rings. The van der Waals surface area contributed by atoms with Crippen LogP contribution in [-0.4, -0.2) is 13.0 Å². The average Bonchev–Trinajstić information content (AvgIpc) is 3.10. The number of benzene rings is 2. The van der Waals surface area contributed by atoms with Crippen molar-refractivity contribution in [3.8, 4) is 17.1 Å². The smallest absolute Gasteiger partial charge is 0.248 e. The summed E-state index contributed by atoms with van der Waals surface area (Å²) in [4.78, 5) is 12.0. The van der Waals surface area contributed by atoms with Gasteiger partial charge in [0, 0.05) is 17.3 Å². The number of ether oxygens (including phenoxy) is 1. The molecule has 0 bridgehead atoms. The molecule has 0 aliphatic carbocycles. The van der Waals surface area contributed by atoms with Crippen LogP contribution in [0, 0.1) is 0 Å². The topological polar surface area (TPSA) is 51.5 Å². The highest BCUT2D eigenvalue weighted by atomic mass is 35.5. The number of amides is 1. The van der Waals surface area contributed by atoms with Crippen LogP contribution >= 0.6 is 11.6 Å². The number of anilines is 1. The van der Waals surface area contributed by atoms with Crippen LogP contribution < -0.4 is 10.1 Å². The first-order chi connectivity index (χ1) is 12.2. The van der Waals surface area contributed by atoms with Crippen LogP contribution in [-0.2, 0) is 4.79 Å². The summed E-state index contributed by atoms with van der Waals surface area (Å²) in [5.41, 5.74) is 1.50. The predicted molar refractivity (Wildman–Crippen MR) is 99.8 cm³/mol. The van der Waals surface area contributed by atoms with E-state index >= 15 is 0 Å². The van der Waals surface area contributed by atoms with Gasteiger partial charge in [0.15, 0.2) is 0 Å². The zero-order chi connectivity index (χ0) is 17.6. The van der Waals surface area contributed by atoms with E-state index in [-0.39, 0.29) is 5.91 Å². The largest absolute Gasteiger partial charge is 0.497 e. The fourth-order valence-corrected chi connectivity index (χ4v) is 2.49. The van der Waals surface area contributed by atoms with E-state index in [1.807, 2.05) is 24.3 Å². The Hall–Kier alpha value is -2.98. The number of methoxy groups -OCH3 is 1. The fraction of sp³-hybridized carbons (Fsp3) is 0.0500. The third kappa shape index (κ3) is 4.31. The van der Waals surface area contributed by atoms with Crippen LogP contribution in [0.4, 0.5) is 5.69 Å². The highest BCUT2D eigenvalue weighted by Crippen LogP contribution is 2.29. The molecule has 1 N–H and O–H groups in total. The molecule has 0 radical (unpaired) electrons. The minimum atomic E-state index is -0.249. The van der Waals surface area contributed by atoms with Gasteiger partial charge >= 0.3 is 0 Å². The fourth-order valence-electron chi connectivity index (χ4n) is 2.26. The molecule has 5 heteroatoms. The Morgan fingerprint density at radius 3 is 2.56 bits per heavy atom. The quantitative estimate of drug-likeness (QED) is 0.636. The number of rotatable bonds is 5. The summed E-state index contributed by atoms with van der Waals surface area (Å²) in [5, 5.41) is 3.38. The number of halogens is 1. The zero-order valence-corrected chi connectivity index (χ0v) is 14.3. The van der Waals surface area contributed by atoms with E-state index in [9.17, 15) is 4.79 Å². The first kappa shape index (κ1) is 16.9. The van der Waals surface area contributed by atoms with E-state index in [2.05, 4.69) is 5.32 Å². The van der Waals surface area contributed by atoms with Crippen LogP contribution in [0.3, 0.4) is 0 Å². The van der Waals surface area contributed by atoms with Gasteiger partial charge in [-0.25, -0.2) is 0 Å². The maximum Gasteiger partial charge on any atom is 0.248 e. The number of carbonyl (C=O) groups is 1. The monoisotopic (exact) mass is 353 g/mol. The lowest BCUT2D eigenvalue weighted by Crippen LogP contribution is -2.07. The number of hydrogen-bond donors (Lipinski definition) is 1. The summed E-state index contributed by atoms with van der Waals surface area (Å²) < 4.78 is 10.8. The molecule has 2 aromatic carbocycles. The highest BCUT2D eigenvalue weighted by Gasteiger charge is 2.07. The maximum absolute atomic E-state index is 12.0. The Bertz CT molecular complexity index is 897. The van der Waals surface area contributed by atoms with Crippen molar-refractivity contribution in [3.05, 3.63) is 77.5 Å². The minimum absolute atomic E-state index is 0.249. The molecule has 3 rings (SSSR count). The van der Waals surface area contributed by atoms with Gasteiger partial charge in [-0.05, 0) is 54.6 Å². The van der Waals surface area contributed by atoms with Gasteiger partial charge in [-0.1, -0.05) is 23.7 Å². The molecule has 126 valence electrons. The summed E-state index contributed by atoms with van der Waals surface area (Å²) >= 11 is 6.16. The van der Waals surface area contributed by atoms with Crippen LogP contribution in [0.2, 0.25) is 5.02 Å². The molecule has 1 amide bonds. The summed E-state index contributed by atoms with van der Waals surface area (Å²) in [6, 6.07) is 18.1. The van der Waals surface area contributed by atoms with Gasteiger partial charge < -0.3 is 14.5 Å². The molecular weight excluding hydrogens is 338 g/mol. The van der Waals surface area contributed by atoms with Gasteiger partial charge in [-0.15, -0.1) is 0 Å². The Kier molecular flexibility index (Phi) is 5.21. The molecule has 0 saturated carbocycles. The Morgan fingerprint density at radius 2 is 1.84 bits per heavy atom. The molecule has 0 fully saturated rings. The molecule has 1 heterocycles. The summed E-state index contributed by atoms with van der Waals surface area (Å²) in [6.07, 6.45) is 3.03. The molecule has 1 aromatic heterocycles. The molecular formula is C20H16ClNO3. The summed E-state index contributed by atoms with van der Waals surface area (Å²) in [5.74, 6) is 1.71. The van der Waals surface area contributed by atoms with E-state index in [1.54, 1.807) is 49.6 Å². The molecule has 0 unspecified atom stereocenters. The molecule has 4 nitrogen and oxygen atoms in total. The van der Waals surface area contributed by atoms with Crippen LogP contribution in [0.25, 0.3) is 17.4 Å². The third-order valence-corrected chi connectivity index (χ3v) is 3.85. The Balaban J connectivity index is 1.65. The minimum Gasteiger partial charge on any atom is -0.497 e. The first-order valence-electron chi connectivity index (χ1n) is 7.63. The number of furan rings is 1. The third-order valence-electron chi connectivity index (χ3n) is 3.52. The number of carbonyl (C=O) groups excluding carboxylic acids is 1. The molecule has 25 heavy (non-hydrogen) atoms. The van der Waals surface area contributed by atoms with Crippen molar-refractivity contribution in [2.24, 2.45) is 0 Å². The van der Waals surface area contributed by atoms with Gasteiger partial charge in [0.1, 0.15) is 17.3 Å². The normalized spacial score (nSPS) is 10.8. The summed E-state index contributed by atoms with van der Waals surface area (Å²) in [7, 11) is 1.59. The van der Waals surface area contributed by atoms with Gasteiger partial charge in [0.25, 0.3) is 0 Å². The van der Waals surface area contributed by atoms with Gasteiger partial charge in [0.2, 0.25) is 5.91 Å². The van der Waals surface area contributed by atoms with Gasteiger partial charge in [-0.2, -0.15) is 0 Å². The number of nitrogens with one attached hydrogen (secondary N) is 1. The predicted octanol–water partition coefficient (Wildman–Crippen LogP) is 5.26. The van der Waals surface area contributed by atoms with E-state index in [0.717, 1.165) is 11.3 Å². The van der Waals surface area contributed by atoms with Crippen molar-refractivity contribution in [2.75, 3.05) is 12.4 Å². The molecule has 0 saturated heterocycles. The Labute approximate surface area is 150 Å². The molecule has 0 aliphatic heterocycles. The van der Waals surface area contributed by atoms with Crippen molar-refractivity contribution in [1.82, 2.24) is 0 Å². The highest BCUT2D eigenvalue weighted by molar-refractivity contribution is 6.33. The van der Waals surface area contributed by atoms with Crippen molar-refractivity contribution in [3.63, 3.8) is 0 Å². The molecule has 0 spiro atoms. The van der Waals surface area contributed by atoms with E-state index in [1.165, 1.54) is 6.08 Å². The zero-order valence-electron chi connectivity index (χ0n) is 13.5. The average molecular weight is 354 g/mol. The van der Waals surface area contributed by atoms with Crippen LogP contribution in [0.15, 0.2) is 71.2 Å².